The fourth-order valence-corrected chi connectivity index (χ4v) is 1.99. The smallest absolute Gasteiger partial charge is 0.123 e. The van der Waals surface area contributed by atoms with Crippen LogP contribution in [0.25, 0.3) is 0 Å². The third kappa shape index (κ3) is 2.47. The fraction of sp³-hybridized carbons (Fsp3) is 0.400. The van der Waals surface area contributed by atoms with E-state index in [1.54, 1.807) is 6.07 Å². The van der Waals surface area contributed by atoms with E-state index in [2.05, 4.69) is 15.9 Å². The van der Waals surface area contributed by atoms with E-state index >= 15 is 0 Å². The van der Waals surface area contributed by atoms with Crippen molar-refractivity contribution in [2.45, 2.75) is 18.9 Å². The van der Waals surface area contributed by atoms with Crippen molar-refractivity contribution in [2.75, 3.05) is 0 Å². The van der Waals surface area contributed by atoms with Gasteiger partial charge in [-0.05, 0) is 42.5 Å². The highest BCUT2D eigenvalue weighted by atomic mass is 79.9. The molecule has 0 bridgehead atoms. The molecule has 1 atom stereocenters. The molecule has 14 heavy (non-hydrogen) atoms. The maximum atomic E-state index is 12.9. The lowest BCUT2D eigenvalue weighted by Gasteiger charge is -2.12. The Bertz CT molecular complexity index is 328. The van der Waals surface area contributed by atoms with Gasteiger partial charge in [-0.3, -0.25) is 0 Å². The summed E-state index contributed by atoms with van der Waals surface area (Å²) in [6, 6.07) is 4.66. The van der Waals surface area contributed by atoms with Crippen molar-refractivity contribution in [3.8, 4) is 0 Å². The summed E-state index contributed by atoms with van der Waals surface area (Å²) in [5, 5.41) is 0. The summed E-state index contributed by atoms with van der Waals surface area (Å²) in [4.78, 5) is 0. The number of nitrogens with two attached hydrogens (primary N) is 1. The Morgan fingerprint density at radius 2 is 2.07 bits per heavy atom. The van der Waals surface area contributed by atoms with E-state index in [0.717, 1.165) is 10.0 Å². The molecule has 1 fully saturated rings. The van der Waals surface area contributed by atoms with Crippen LogP contribution in [0.15, 0.2) is 22.7 Å². The highest BCUT2D eigenvalue weighted by Gasteiger charge is 2.30. The van der Waals surface area contributed by atoms with Gasteiger partial charge in [0.2, 0.25) is 0 Å². The largest absolute Gasteiger partial charge is 0.324 e. The zero-order chi connectivity index (χ0) is 9.42. The Labute approximate surface area is 97.4 Å². The lowest BCUT2D eigenvalue weighted by atomic mass is 10.0. The standard InChI is InChI=1S/C10H11BrFN.ClH/c11-9-4-3-7(12)5-8(9)10(13)6-1-2-6;/h3-6,10H,1-2,13H2;1H/t10-;/m1./s1. The molecule has 1 aromatic carbocycles. The second-order valence-corrected chi connectivity index (χ2v) is 4.38. The van der Waals surface area contributed by atoms with Crippen LogP contribution in [0.3, 0.4) is 0 Å². The molecule has 0 heterocycles. The Morgan fingerprint density at radius 3 is 2.64 bits per heavy atom. The van der Waals surface area contributed by atoms with Crippen molar-refractivity contribution in [1.29, 1.82) is 0 Å². The second-order valence-electron chi connectivity index (χ2n) is 3.53. The van der Waals surface area contributed by atoms with Gasteiger partial charge >= 0.3 is 0 Å². The quantitative estimate of drug-likeness (QED) is 0.882. The summed E-state index contributed by atoms with van der Waals surface area (Å²) in [7, 11) is 0. The molecular formula is C10H12BrClFN. The predicted molar refractivity (Wildman–Crippen MR) is 61.0 cm³/mol. The van der Waals surface area contributed by atoms with Crippen molar-refractivity contribution < 1.29 is 4.39 Å². The van der Waals surface area contributed by atoms with E-state index in [1.807, 2.05) is 0 Å². The minimum atomic E-state index is -0.214. The number of hydrogen-bond donors (Lipinski definition) is 1. The molecular weight excluding hydrogens is 268 g/mol. The Kier molecular flexibility index (Phi) is 3.93. The number of halogens is 3. The molecule has 2 rings (SSSR count). The van der Waals surface area contributed by atoms with Gasteiger partial charge in [-0.2, -0.15) is 0 Å². The van der Waals surface area contributed by atoms with Crippen LogP contribution in [0.5, 0.6) is 0 Å². The highest BCUT2D eigenvalue weighted by Crippen LogP contribution is 2.41. The summed E-state index contributed by atoms with van der Waals surface area (Å²) >= 11 is 3.38. The van der Waals surface area contributed by atoms with Crippen LogP contribution in [0.4, 0.5) is 4.39 Å². The average molecular weight is 281 g/mol. The average Bonchev–Trinajstić information content (AvgIpc) is 2.91. The van der Waals surface area contributed by atoms with E-state index < -0.39 is 0 Å². The molecule has 0 spiro atoms. The first-order valence-electron chi connectivity index (χ1n) is 4.39. The van der Waals surface area contributed by atoms with Crippen LogP contribution in [0.2, 0.25) is 0 Å². The van der Waals surface area contributed by atoms with Crippen LogP contribution >= 0.6 is 28.3 Å². The van der Waals surface area contributed by atoms with Crippen molar-refractivity contribution >= 4 is 28.3 Å². The van der Waals surface area contributed by atoms with Crippen molar-refractivity contribution in [3.63, 3.8) is 0 Å². The van der Waals surface area contributed by atoms with Gasteiger partial charge < -0.3 is 5.73 Å². The van der Waals surface area contributed by atoms with Gasteiger partial charge in [-0.15, -0.1) is 12.4 Å². The minimum absolute atomic E-state index is 0. The van der Waals surface area contributed by atoms with Gasteiger partial charge in [0.05, 0.1) is 0 Å². The Hall–Kier alpha value is -0.120. The molecule has 2 N–H and O–H groups in total. The SMILES string of the molecule is Cl.N[C@@H](c1cc(F)ccc1Br)C1CC1. The first-order chi connectivity index (χ1) is 6.18. The zero-order valence-corrected chi connectivity index (χ0v) is 9.94. The molecule has 1 nitrogen and oxygen atoms in total. The summed E-state index contributed by atoms with van der Waals surface area (Å²) in [5.41, 5.74) is 6.86. The first-order valence-corrected chi connectivity index (χ1v) is 5.18. The minimum Gasteiger partial charge on any atom is -0.324 e. The van der Waals surface area contributed by atoms with Crippen LogP contribution < -0.4 is 5.73 Å². The zero-order valence-electron chi connectivity index (χ0n) is 7.54. The molecule has 0 radical (unpaired) electrons. The number of hydrogen-bond acceptors (Lipinski definition) is 1. The van der Waals surface area contributed by atoms with Crippen molar-refractivity contribution in [2.24, 2.45) is 11.7 Å². The van der Waals surface area contributed by atoms with Gasteiger partial charge in [0, 0.05) is 10.5 Å². The number of rotatable bonds is 2. The topological polar surface area (TPSA) is 26.0 Å². The van der Waals surface area contributed by atoms with E-state index in [0.29, 0.717) is 5.92 Å². The highest BCUT2D eigenvalue weighted by molar-refractivity contribution is 9.10. The van der Waals surface area contributed by atoms with Gasteiger partial charge in [0.15, 0.2) is 0 Å². The third-order valence-electron chi connectivity index (χ3n) is 2.45. The van der Waals surface area contributed by atoms with Gasteiger partial charge in [0.25, 0.3) is 0 Å². The van der Waals surface area contributed by atoms with E-state index in [1.165, 1.54) is 25.0 Å². The lowest BCUT2D eigenvalue weighted by molar-refractivity contribution is 0.599. The molecule has 0 aromatic heterocycles. The van der Waals surface area contributed by atoms with Gasteiger partial charge in [-0.1, -0.05) is 15.9 Å². The first kappa shape index (κ1) is 12.0. The van der Waals surface area contributed by atoms with E-state index in [4.69, 9.17) is 5.73 Å². The van der Waals surface area contributed by atoms with Crippen molar-refractivity contribution in [1.82, 2.24) is 0 Å². The fourth-order valence-electron chi connectivity index (χ4n) is 1.48. The van der Waals surface area contributed by atoms with E-state index in [9.17, 15) is 4.39 Å². The summed E-state index contributed by atoms with van der Waals surface area (Å²) in [6.45, 7) is 0. The third-order valence-corrected chi connectivity index (χ3v) is 3.17. The molecule has 0 aliphatic heterocycles. The van der Waals surface area contributed by atoms with Gasteiger partial charge in [-0.25, -0.2) is 4.39 Å². The molecule has 0 amide bonds. The lowest BCUT2D eigenvalue weighted by Crippen LogP contribution is -2.13. The van der Waals surface area contributed by atoms with E-state index in [-0.39, 0.29) is 24.3 Å². The monoisotopic (exact) mass is 279 g/mol. The normalized spacial score (nSPS) is 17.4. The summed E-state index contributed by atoms with van der Waals surface area (Å²) in [6.07, 6.45) is 2.34. The molecule has 1 aliphatic rings. The number of benzene rings is 1. The Morgan fingerprint density at radius 1 is 1.43 bits per heavy atom. The van der Waals surface area contributed by atoms with Crippen LogP contribution in [-0.4, -0.2) is 0 Å². The predicted octanol–water partition coefficient (Wildman–Crippen LogP) is 3.42. The maximum absolute atomic E-state index is 12.9. The van der Waals surface area contributed by atoms with Crippen LogP contribution in [0, 0.1) is 11.7 Å². The summed E-state index contributed by atoms with van der Waals surface area (Å²) < 4.78 is 13.8. The Balaban J connectivity index is 0.000000980. The molecule has 4 heteroatoms. The molecule has 78 valence electrons. The van der Waals surface area contributed by atoms with Crippen molar-refractivity contribution in [3.05, 3.63) is 34.1 Å². The molecule has 1 aliphatic carbocycles. The molecule has 0 unspecified atom stereocenters. The molecule has 0 saturated heterocycles. The summed E-state index contributed by atoms with van der Waals surface area (Å²) in [5.74, 6) is 0.340. The van der Waals surface area contributed by atoms with Crippen LogP contribution in [0.1, 0.15) is 24.4 Å². The molecule has 1 aromatic rings. The molecule has 1 saturated carbocycles. The second kappa shape index (κ2) is 4.60. The van der Waals surface area contributed by atoms with Gasteiger partial charge in [0.1, 0.15) is 5.82 Å². The van der Waals surface area contributed by atoms with Crippen LogP contribution in [-0.2, 0) is 0 Å². The maximum Gasteiger partial charge on any atom is 0.123 e.